The van der Waals surface area contributed by atoms with Gasteiger partial charge in [-0.05, 0) is 25.8 Å². The summed E-state index contributed by atoms with van der Waals surface area (Å²) in [5.74, 6) is -1.60. The predicted octanol–water partition coefficient (Wildman–Crippen LogP) is 1.39. The van der Waals surface area contributed by atoms with Gasteiger partial charge in [-0.15, -0.1) is 0 Å². The summed E-state index contributed by atoms with van der Waals surface area (Å²) < 4.78 is 18.5. The average Bonchev–Trinajstić information content (AvgIpc) is 2.88. The summed E-state index contributed by atoms with van der Waals surface area (Å²) in [6, 6.07) is 0.707. The van der Waals surface area contributed by atoms with Crippen LogP contribution in [0, 0.1) is 5.82 Å². The number of hydrogen-bond donors (Lipinski definition) is 0. The lowest BCUT2D eigenvalue weighted by Crippen LogP contribution is -2.41. The van der Waals surface area contributed by atoms with Crippen molar-refractivity contribution in [3.05, 3.63) is 29.8 Å². The highest BCUT2D eigenvalue weighted by atomic mass is 19.1. The van der Waals surface area contributed by atoms with Crippen LogP contribution < -0.4 is 0 Å². The van der Waals surface area contributed by atoms with E-state index >= 15 is 0 Å². The molecular formula is C13H15FN2O3. The zero-order chi connectivity index (χ0) is 13.8. The number of carbonyl (C=O) groups excluding carboxylic acids is 2. The Bertz CT molecular complexity index is 493. The summed E-state index contributed by atoms with van der Waals surface area (Å²) in [6.07, 6.45) is 3.60. The van der Waals surface area contributed by atoms with Crippen LogP contribution in [0.1, 0.15) is 30.1 Å². The molecule has 0 bridgehead atoms. The van der Waals surface area contributed by atoms with Crippen LogP contribution in [0.3, 0.4) is 0 Å². The van der Waals surface area contributed by atoms with Crippen molar-refractivity contribution in [1.29, 1.82) is 0 Å². The molecule has 0 saturated carbocycles. The van der Waals surface area contributed by atoms with Gasteiger partial charge in [0.15, 0.2) is 5.82 Å². The first-order valence-electron chi connectivity index (χ1n) is 6.22. The van der Waals surface area contributed by atoms with Crippen LogP contribution in [0.2, 0.25) is 0 Å². The third-order valence-electron chi connectivity index (χ3n) is 3.08. The second kappa shape index (κ2) is 5.77. The minimum absolute atomic E-state index is 0.0637. The van der Waals surface area contributed by atoms with Gasteiger partial charge in [0.05, 0.1) is 18.4 Å². The van der Waals surface area contributed by atoms with Gasteiger partial charge in [0.1, 0.15) is 6.04 Å². The van der Waals surface area contributed by atoms with E-state index in [0.717, 1.165) is 6.20 Å². The Balaban J connectivity index is 2.19. The maximum absolute atomic E-state index is 13.5. The highest BCUT2D eigenvalue weighted by Gasteiger charge is 2.36. The third-order valence-corrected chi connectivity index (χ3v) is 3.08. The van der Waals surface area contributed by atoms with Crippen molar-refractivity contribution in [2.75, 3.05) is 13.2 Å². The van der Waals surface area contributed by atoms with Gasteiger partial charge in [0, 0.05) is 12.7 Å². The molecule has 1 fully saturated rings. The number of pyridine rings is 1. The number of halogens is 1. The fraction of sp³-hybridized carbons (Fsp3) is 0.462. The first-order chi connectivity index (χ1) is 9.15. The number of amides is 1. The summed E-state index contributed by atoms with van der Waals surface area (Å²) in [4.78, 5) is 29.0. The van der Waals surface area contributed by atoms with E-state index in [1.165, 1.54) is 17.2 Å². The molecule has 102 valence electrons. The third kappa shape index (κ3) is 2.72. The van der Waals surface area contributed by atoms with E-state index < -0.39 is 23.7 Å². The molecule has 19 heavy (non-hydrogen) atoms. The van der Waals surface area contributed by atoms with E-state index in [0.29, 0.717) is 19.4 Å². The molecule has 1 saturated heterocycles. The van der Waals surface area contributed by atoms with E-state index in [9.17, 15) is 14.0 Å². The van der Waals surface area contributed by atoms with Gasteiger partial charge in [-0.1, -0.05) is 0 Å². The van der Waals surface area contributed by atoms with Crippen LogP contribution in [0.25, 0.3) is 0 Å². The number of hydrogen-bond acceptors (Lipinski definition) is 4. The van der Waals surface area contributed by atoms with E-state index in [2.05, 4.69) is 4.98 Å². The van der Waals surface area contributed by atoms with Crippen molar-refractivity contribution < 1.29 is 18.7 Å². The maximum atomic E-state index is 13.5. The Labute approximate surface area is 110 Å². The quantitative estimate of drug-likeness (QED) is 0.776. The van der Waals surface area contributed by atoms with Crippen LogP contribution >= 0.6 is 0 Å². The maximum Gasteiger partial charge on any atom is 0.328 e. The monoisotopic (exact) mass is 266 g/mol. The fourth-order valence-electron chi connectivity index (χ4n) is 2.20. The zero-order valence-corrected chi connectivity index (χ0v) is 10.6. The van der Waals surface area contributed by atoms with Crippen LogP contribution in [0.15, 0.2) is 18.5 Å². The Morgan fingerprint density at radius 1 is 1.58 bits per heavy atom. The van der Waals surface area contributed by atoms with Crippen LogP contribution in [0.4, 0.5) is 4.39 Å². The van der Waals surface area contributed by atoms with E-state index in [1.54, 1.807) is 6.92 Å². The molecule has 1 aromatic rings. The van der Waals surface area contributed by atoms with Crippen molar-refractivity contribution in [3.8, 4) is 0 Å². The van der Waals surface area contributed by atoms with Gasteiger partial charge in [0.25, 0.3) is 5.91 Å². The largest absolute Gasteiger partial charge is 0.464 e. The molecule has 2 rings (SSSR count). The summed E-state index contributed by atoms with van der Waals surface area (Å²) in [7, 11) is 0. The SMILES string of the molecule is CCOC(=O)C1CCCN1C(=O)c1ccncc1F. The second-order valence-corrected chi connectivity index (χ2v) is 4.26. The van der Waals surface area contributed by atoms with Gasteiger partial charge in [-0.25, -0.2) is 9.18 Å². The van der Waals surface area contributed by atoms with Crippen LogP contribution in [-0.2, 0) is 9.53 Å². The topological polar surface area (TPSA) is 59.5 Å². The molecule has 6 heteroatoms. The van der Waals surface area contributed by atoms with Gasteiger partial charge in [-0.2, -0.15) is 0 Å². The Morgan fingerprint density at radius 3 is 3.05 bits per heavy atom. The Hall–Kier alpha value is -1.98. The second-order valence-electron chi connectivity index (χ2n) is 4.26. The van der Waals surface area contributed by atoms with E-state index in [1.807, 2.05) is 0 Å². The molecule has 1 amide bonds. The number of ether oxygens (including phenoxy) is 1. The molecular weight excluding hydrogens is 251 g/mol. The molecule has 5 nitrogen and oxygen atoms in total. The summed E-state index contributed by atoms with van der Waals surface area (Å²) in [6.45, 7) is 2.41. The summed E-state index contributed by atoms with van der Waals surface area (Å²) >= 11 is 0. The standard InChI is InChI=1S/C13H15FN2O3/c1-2-19-13(18)11-4-3-7-16(11)12(17)9-5-6-15-8-10(9)14/h5-6,8,11H,2-4,7H2,1H3. The normalized spacial score (nSPS) is 18.4. The highest BCUT2D eigenvalue weighted by molar-refractivity contribution is 5.97. The lowest BCUT2D eigenvalue weighted by Gasteiger charge is -2.23. The smallest absolute Gasteiger partial charge is 0.328 e. The lowest BCUT2D eigenvalue weighted by molar-refractivity contribution is -0.147. The predicted molar refractivity (Wildman–Crippen MR) is 64.9 cm³/mol. The molecule has 0 N–H and O–H groups in total. The molecule has 1 aliphatic rings. The summed E-state index contributed by atoms with van der Waals surface area (Å²) in [5, 5.41) is 0. The van der Waals surface area contributed by atoms with Crippen LogP contribution in [0.5, 0.6) is 0 Å². The molecule has 0 aliphatic carbocycles. The van der Waals surface area contributed by atoms with Crippen molar-refractivity contribution in [3.63, 3.8) is 0 Å². The average molecular weight is 266 g/mol. The number of aromatic nitrogens is 1. The van der Waals surface area contributed by atoms with Gasteiger partial charge in [-0.3, -0.25) is 9.78 Å². The van der Waals surface area contributed by atoms with Gasteiger partial charge >= 0.3 is 5.97 Å². The van der Waals surface area contributed by atoms with Crippen molar-refractivity contribution in [2.45, 2.75) is 25.8 Å². The van der Waals surface area contributed by atoms with Crippen molar-refractivity contribution in [2.24, 2.45) is 0 Å². The lowest BCUT2D eigenvalue weighted by atomic mass is 10.2. The number of esters is 1. The van der Waals surface area contributed by atoms with Crippen molar-refractivity contribution >= 4 is 11.9 Å². The number of rotatable bonds is 3. The minimum Gasteiger partial charge on any atom is -0.464 e. The first-order valence-corrected chi connectivity index (χ1v) is 6.22. The number of nitrogens with zero attached hydrogens (tertiary/aromatic N) is 2. The molecule has 2 heterocycles. The van der Waals surface area contributed by atoms with E-state index in [4.69, 9.17) is 4.74 Å². The first kappa shape index (κ1) is 13.5. The molecule has 1 aromatic heterocycles. The Kier molecular flexibility index (Phi) is 4.09. The Morgan fingerprint density at radius 2 is 2.37 bits per heavy atom. The van der Waals surface area contributed by atoms with Crippen LogP contribution in [-0.4, -0.2) is 41.0 Å². The number of likely N-dealkylation sites (tertiary alicyclic amines) is 1. The zero-order valence-electron chi connectivity index (χ0n) is 10.6. The van der Waals surface area contributed by atoms with Gasteiger partial charge in [0.2, 0.25) is 0 Å². The minimum atomic E-state index is -0.679. The fourth-order valence-corrected chi connectivity index (χ4v) is 2.20. The molecule has 1 aliphatic heterocycles. The van der Waals surface area contributed by atoms with Gasteiger partial charge < -0.3 is 9.64 Å². The van der Waals surface area contributed by atoms with E-state index in [-0.39, 0.29) is 12.2 Å². The number of carbonyl (C=O) groups is 2. The molecule has 1 atom stereocenters. The molecule has 0 radical (unpaired) electrons. The highest BCUT2D eigenvalue weighted by Crippen LogP contribution is 2.22. The molecule has 1 unspecified atom stereocenters. The molecule has 0 aromatic carbocycles. The summed E-state index contributed by atoms with van der Waals surface area (Å²) in [5.41, 5.74) is -0.0637. The molecule has 0 spiro atoms. The van der Waals surface area contributed by atoms with Crippen molar-refractivity contribution in [1.82, 2.24) is 9.88 Å².